The summed E-state index contributed by atoms with van der Waals surface area (Å²) in [5.74, 6) is -0.235. The molecule has 1 N–H and O–H groups in total. The van der Waals surface area contributed by atoms with Crippen LogP contribution in [-0.4, -0.2) is 37.0 Å². The number of carbonyl (C=O) groups excluding carboxylic acids is 1. The summed E-state index contributed by atoms with van der Waals surface area (Å²) in [6, 6.07) is 6.53. The Morgan fingerprint density at radius 2 is 2.21 bits per heavy atom. The molecule has 2 heterocycles. The fourth-order valence-corrected chi connectivity index (χ4v) is 3.21. The minimum Gasteiger partial charge on any atom is -0.342 e. The average molecular weight is 262 g/mol. The lowest BCUT2D eigenvalue weighted by Crippen LogP contribution is -2.34. The molecular formula is C15H19FN2O. The van der Waals surface area contributed by atoms with E-state index in [-0.39, 0.29) is 23.6 Å². The highest BCUT2D eigenvalue weighted by molar-refractivity contribution is 5.79. The smallest absolute Gasteiger partial charge is 0.227 e. The molecule has 0 aliphatic carbocycles. The third-order valence-electron chi connectivity index (χ3n) is 4.42. The van der Waals surface area contributed by atoms with Crippen LogP contribution in [0.4, 0.5) is 4.39 Å². The standard InChI is InChI=1S/C15H19FN2O/c16-13-4-2-1-3-12(13)9-14(19)18-8-6-15(11-18)5-7-17-10-15/h1-4,17H,5-11H2. The minimum atomic E-state index is -0.285. The van der Waals surface area contributed by atoms with E-state index in [4.69, 9.17) is 0 Å². The molecule has 1 unspecified atom stereocenters. The molecule has 0 aromatic heterocycles. The Morgan fingerprint density at radius 3 is 2.95 bits per heavy atom. The molecule has 1 aromatic carbocycles. The number of hydrogen-bond acceptors (Lipinski definition) is 2. The fraction of sp³-hybridized carbons (Fsp3) is 0.533. The molecule has 1 aromatic rings. The normalized spacial score (nSPS) is 26.3. The van der Waals surface area contributed by atoms with Crippen LogP contribution in [0.1, 0.15) is 18.4 Å². The van der Waals surface area contributed by atoms with E-state index in [0.717, 1.165) is 39.0 Å². The fourth-order valence-electron chi connectivity index (χ4n) is 3.21. The maximum Gasteiger partial charge on any atom is 0.227 e. The Bertz CT molecular complexity index is 483. The van der Waals surface area contributed by atoms with Crippen LogP contribution in [0.15, 0.2) is 24.3 Å². The van der Waals surface area contributed by atoms with Crippen LogP contribution in [0.2, 0.25) is 0 Å². The van der Waals surface area contributed by atoms with Crippen LogP contribution in [0, 0.1) is 11.2 Å². The molecule has 19 heavy (non-hydrogen) atoms. The van der Waals surface area contributed by atoms with Crippen LogP contribution in [0.3, 0.4) is 0 Å². The first-order valence-electron chi connectivity index (χ1n) is 6.90. The second-order valence-electron chi connectivity index (χ2n) is 5.76. The van der Waals surface area contributed by atoms with Crippen molar-refractivity contribution in [2.75, 3.05) is 26.2 Å². The number of carbonyl (C=O) groups is 1. The van der Waals surface area contributed by atoms with Crippen LogP contribution in [0.25, 0.3) is 0 Å². The molecular weight excluding hydrogens is 243 g/mol. The lowest BCUT2D eigenvalue weighted by molar-refractivity contribution is -0.129. The summed E-state index contributed by atoms with van der Waals surface area (Å²) < 4.78 is 13.6. The Balaban J connectivity index is 1.64. The molecule has 2 saturated heterocycles. The molecule has 0 radical (unpaired) electrons. The van der Waals surface area contributed by atoms with Crippen molar-refractivity contribution in [2.45, 2.75) is 19.3 Å². The van der Waals surface area contributed by atoms with Crippen LogP contribution in [0.5, 0.6) is 0 Å². The monoisotopic (exact) mass is 262 g/mol. The lowest BCUT2D eigenvalue weighted by Gasteiger charge is -2.22. The number of amides is 1. The van der Waals surface area contributed by atoms with Crippen LogP contribution in [-0.2, 0) is 11.2 Å². The first kappa shape index (κ1) is 12.6. The highest BCUT2D eigenvalue weighted by atomic mass is 19.1. The van der Waals surface area contributed by atoms with Crippen LogP contribution < -0.4 is 5.32 Å². The second kappa shape index (κ2) is 4.93. The zero-order valence-electron chi connectivity index (χ0n) is 11.0. The van der Waals surface area contributed by atoms with E-state index in [0.29, 0.717) is 5.56 Å². The highest BCUT2D eigenvalue weighted by Crippen LogP contribution is 2.36. The van der Waals surface area contributed by atoms with Gasteiger partial charge >= 0.3 is 0 Å². The number of nitrogens with one attached hydrogen (secondary N) is 1. The summed E-state index contributed by atoms with van der Waals surface area (Å²) >= 11 is 0. The van der Waals surface area contributed by atoms with E-state index >= 15 is 0 Å². The van der Waals surface area contributed by atoms with Gasteiger partial charge in [0.1, 0.15) is 5.82 Å². The lowest BCUT2D eigenvalue weighted by atomic mass is 9.86. The van der Waals surface area contributed by atoms with Gasteiger partial charge in [-0.3, -0.25) is 4.79 Å². The quantitative estimate of drug-likeness (QED) is 0.877. The molecule has 3 nitrogen and oxygen atoms in total. The summed E-state index contributed by atoms with van der Waals surface area (Å²) in [5, 5.41) is 3.38. The Morgan fingerprint density at radius 1 is 1.37 bits per heavy atom. The minimum absolute atomic E-state index is 0.0499. The zero-order valence-corrected chi connectivity index (χ0v) is 11.0. The van der Waals surface area contributed by atoms with Crippen molar-refractivity contribution in [1.82, 2.24) is 10.2 Å². The maximum atomic E-state index is 13.6. The number of halogens is 1. The van der Waals surface area contributed by atoms with Crippen molar-refractivity contribution < 1.29 is 9.18 Å². The third-order valence-corrected chi connectivity index (χ3v) is 4.42. The molecule has 4 heteroatoms. The third kappa shape index (κ3) is 2.50. The van der Waals surface area contributed by atoms with Crippen molar-refractivity contribution >= 4 is 5.91 Å². The number of likely N-dealkylation sites (tertiary alicyclic amines) is 1. The highest BCUT2D eigenvalue weighted by Gasteiger charge is 2.41. The van der Waals surface area contributed by atoms with Gasteiger partial charge < -0.3 is 10.2 Å². The summed E-state index contributed by atoms with van der Waals surface area (Å²) in [6.45, 7) is 3.70. The number of nitrogens with zero attached hydrogens (tertiary/aromatic N) is 1. The molecule has 2 aliphatic heterocycles. The number of rotatable bonds is 2. The van der Waals surface area contributed by atoms with Gasteiger partial charge in [-0.2, -0.15) is 0 Å². The van der Waals surface area contributed by atoms with E-state index in [2.05, 4.69) is 5.32 Å². The van der Waals surface area contributed by atoms with E-state index in [1.54, 1.807) is 18.2 Å². The van der Waals surface area contributed by atoms with Crippen molar-refractivity contribution in [1.29, 1.82) is 0 Å². The summed E-state index contributed by atoms with van der Waals surface area (Å²) in [6.07, 6.45) is 2.40. The molecule has 2 fully saturated rings. The first-order chi connectivity index (χ1) is 9.19. The Kier molecular flexibility index (Phi) is 3.27. The molecule has 1 spiro atoms. The van der Waals surface area contributed by atoms with Gasteiger partial charge in [0.2, 0.25) is 5.91 Å². The van der Waals surface area contributed by atoms with Crippen molar-refractivity contribution in [3.8, 4) is 0 Å². The van der Waals surface area contributed by atoms with E-state index in [1.807, 2.05) is 4.90 Å². The molecule has 2 aliphatic rings. The Labute approximate surface area is 112 Å². The largest absolute Gasteiger partial charge is 0.342 e. The Hall–Kier alpha value is -1.42. The molecule has 0 saturated carbocycles. The van der Waals surface area contributed by atoms with Crippen molar-refractivity contribution in [3.63, 3.8) is 0 Å². The molecule has 1 atom stereocenters. The molecule has 0 bridgehead atoms. The predicted octanol–water partition coefficient (Wildman–Crippen LogP) is 1.58. The number of hydrogen-bond donors (Lipinski definition) is 1. The molecule has 102 valence electrons. The second-order valence-corrected chi connectivity index (χ2v) is 5.76. The van der Waals surface area contributed by atoms with Crippen molar-refractivity contribution in [2.24, 2.45) is 5.41 Å². The van der Waals surface area contributed by atoms with Gasteiger partial charge in [-0.1, -0.05) is 18.2 Å². The van der Waals surface area contributed by atoms with Gasteiger partial charge in [0.25, 0.3) is 0 Å². The van der Waals surface area contributed by atoms with E-state index in [9.17, 15) is 9.18 Å². The molecule has 1 amide bonds. The van der Waals surface area contributed by atoms with Gasteiger partial charge in [0.15, 0.2) is 0 Å². The SMILES string of the molecule is O=C(Cc1ccccc1F)N1CCC2(CCNC2)C1. The summed E-state index contributed by atoms with van der Waals surface area (Å²) in [5.41, 5.74) is 0.781. The van der Waals surface area contributed by atoms with Gasteiger partial charge in [-0.15, -0.1) is 0 Å². The van der Waals surface area contributed by atoms with Gasteiger partial charge in [-0.05, 0) is 31.0 Å². The zero-order chi connectivity index (χ0) is 13.3. The first-order valence-corrected chi connectivity index (χ1v) is 6.90. The van der Waals surface area contributed by atoms with Crippen LogP contribution >= 0.6 is 0 Å². The predicted molar refractivity (Wildman–Crippen MR) is 71.2 cm³/mol. The maximum absolute atomic E-state index is 13.6. The molecule has 3 rings (SSSR count). The van der Waals surface area contributed by atoms with E-state index < -0.39 is 0 Å². The topological polar surface area (TPSA) is 32.3 Å². The van der Waals surface area contributed by atoms with Crippen molar-refractivity contribution in [3.05, 3.63) is 35.6 Å². The summed E-state index contributed by atoms with van der Waals surface area (Å²) in [7, 11) is 0. The van der Waals surface area contributed by atoms with Gasteiger partial charge in [0, 0.05) is 25.0 Å². The van der Waals surface area contributed by atoms with Gasteiger partial charge in [-0.25, -0.2) is 4.39 Å². The van der Waals surface area contributed by atoms with E-state index in [1.165, 1.54) is 6.07 Å². The number of benzene rings is 1. The summed E-state index contributed by atoms with van der Waals surface area (Å²) in [4.78, 5) is 14.1. The average Bonchev–Trinajstić information content (AvgIpc) is 3.03. The van der Waals surface area contributed by atoms with Gasteiger partial charge in [0.05, 0.1) is 6.42 Å².